The lowest BCUT2D eigenvalue weighted by Crippen LogP contribution is -2.55. The van der Waals surface area contributed by atoms with Crippen molar-refractivity contribution in [1.82, 2.24) is 25.3 Å². The standard InChI is InChI=1S/C82H140N10O23/c1-13-63(6)77(73(101-11)58-75(95)92-30-19-23-71(92)78(102-12)64(7)79(96)88-68(59-86-89-84)56-65-20-15-14-16-21-65)90(8)81(98)69(61(2)3)57-72(93)76(62(4)5)91(9)82(99)115-60-66-24-26-67(27-25-66)87-80(97)70(83)22-17-18-29-85-74(94)28-31-103-34-35-105-38-39-107-42-43-109-46-47-111-50-51-113-54-55-114-53-52-112-49-48-110-45-44-108-41-40-106-37-36-104-33-32-100-10/h14-16,20-21,24-27,61-64,68-71,73,76-78H,13,17-19,22-23,28-60,83H2,1-12H3,(H,85,94)(H,87,97)(H,88,96)/t63-,64+,68-,69-,70-,71-,73+,76-,77-,78+/m0/s1. The molecular weight excluding hydrogens is 1490 g/mol. The van der Waals surface area contributed by atoms with Gasteiger partial charge in [0.2, 0.25) is 29.5 Å². The van der Waals surface area contributed by atoms with Gasteiger partial charge in [-0.25, -0.2) is 4.79 Å². The molecule has 0 saturated carbocycles. The minimum Gasteiger partial charge on any atom is -0.445 e. The number of anilines is 1. The molecule has 10 atom stereocenters. The molecule has 1 saturated heterocycles. The summed E-state index contributed by atoms with van der Waals surface area (Å²) in [6.45, 7) is 25.4. The van der Waals surface area contributed by atoms with Crippen LogP contribution in [0.1, 0.15) is 117 Å². The molecule has 0 radical (unpaired) electrons. The lowest BCUT2D eigenvalue weighted by molar-refractivity contribution is -0.149. The number of carbonyl (C=O) groups is 7. The highest BCUT2D eigenvalue weighted by atomic mass is 16.6. The normalized spacial score (nSPS) is 15.3. The van der Waals surface area contributed by atoms with Crippen molar-refractivity contribution < 1.29 is 109 Å². The molecule has 0 bridgehead atoms. The number of azide groups is 1. The maximum Gasteiger partial charge on any atom is 0.410 e. The van der Waals surface area contributed by atoms with Crippen molar-refractivity contribution in [1.29, 1.82) is 0 Å². The number of rotatable bonds is 71. The molecule has 5 N–H and O–H groups in total. The number of methoxy groups -OCH3 is 3. The number of amides is 6. The van der Waals surface area contributed by atoms with Crippen LogP contribution in [0.4, 0.5) is 10.5 Å². The molecule has 3 rings (SSSR count). The van der Waals surface area contributed by atoms with Crippen molar-refractivity contribution in [2.24, 2.45) is 40.4 Å². The van der Waals surface area contributed by atoms with Gasteiger partial charge >= 0.3 is 6.09 Å². The molecule has 33 heteroatoms. The molecular formula is C82H140N10O23. The van der Waals surface area contributed by atoms with E-state index in [0.29, 0.717) is 228 Å². The molecule has 115 heavy (non-hydrogen) atoms. The average Bonchev–Trinajstić information content (AvgIpc) is 1.66. The number of unbranched alkanes of at least 4 members (excludes halogenated alkanes) is 1. The lowest BCUT2D eigenvalue weighted by Gasteiger charge is -2.41. The third kappa shape index (κ3) is 44.1. The van der Waals surface area contributed by atoms with E-state index in [1.165, 1.54) is 26.2 Å². The number of benzene rings is 2. The van der Waals surface area contributed by atoms with Crippen molar-refractivity contribution in [3.63, 3.8) is 0 Å². The van der Waals surface area contributed by atoms with E-state index in [9.17, 15) is 33.6 Å². The fraction of sp³-hybridized carbons (Fsp3) is 0.768. The Hall–Kier alpha value is -6.60. The molecule has 2 aromatic carbocycles. The monoisotopic (exact) mass is 1630 g/mol. The third-order valence-electron chi connectivity index (χ3n) is 19.7. The second-order valence-electron chi connectivity index (χ2n) is 29.0. The van der Waals surface area contributed by atoms with Gasteiger partial charge in [0.05, 0.1) is 214 Å². The second kappa shape index (κ2) is 64.4. The smallest absolute Gasteiger partial charge is 0.410 e. The number of nitrogens with zero attached hydrogens (tertiary/aromatic N) is 6. The van der Waals surface area contributed by atoms with Gasteiger partial charge in [0.15, 0.2) is 5.78 Å². The Morgan fingerprint density at radius 3 is 1.55 bits per heavy atom. The number of ketones is 1. The Bertz CT molecular complexity index is 2960. The summed E-state index contributed by atoms with van der Waals surface area (Å²) in [7, 11) is 7.89. The molecule has 2 aromatic rings. The van der Waals surface area contributed by atoms with Gasteiger partial charge in [-0.05, 0) is 85.1 Å². The van der Waals surface area contributed by atoms with E-state index in [1.807, 2.05) is 71.9 Å². The number of likely N-dealkylation sites (N-methyl/N-ethyl adjacent to an activating group) is 2. The number of carbonyl (C=O) groups excluding carboxylic acids is 7. The minimum absolute atomic E-state index is 0.0567. The van der Waals surface area contributed by atoms with E-state index in [-0.39, 0.29) is 92.1 Å². The highest BCUT2D eigenvalue weighted by Gasteiger charge is 2.44. The van der Waals surface area contributed by atoms with Crippen LogP contribution in [0.15, 0.2) is 59.7 Å². The first-order valence-electron chi connectivity index (χ1n) is 40.9. The summed E-state index contributed by atoms with van der Waals surface area (Å²) in [4.78, 5) is 105. The van der Waals surface area contributed by atoms with Crippen LogP contribution in [0.5, 0.6) is 0 Å². The molecule has 0 spiro atoms. The minimum atomic E-state index is -0.930. The second-order valence-corrected chi connectivity index (χ2v) is 29.0. The SMILES string of the molecule is CC[C@H](C)[C@@H]([C@@H](CC(=O)N1CCC[C@H]1[C@H](OC)[C@@H](C)C(=O)N[C@H](CN=[N+]=[N-])Cc1ccccc1)OC)N(C)C(=O)[C@@H](CC(=O)[C@H](C(C)C)N(C)C(=O)OCc1ccc(NC(=O)[C@@H](N)CCCCNC(=O)CCOCCOCCOCCOCCOCCOCCOCCOCCOCCOCCOCCOCCOC)cc1)C(C)C. The number of Topliss-reactive ketones (excluding diaryl/α,β-unsaturated/α-hetero) is 1. The fourth-order valence-electron chi connectivity index (χ4n) is 13.1. The molecule has 0 unspecified atom stereocenters. The third-order valence-corrected chi connectivity index (χ3v) is 19.7. The van der Waals surface area contributed by atoms with Crippen LogP contribution in [0, 0.1) is 29.6 Å². The van der Waals surface area contributed by atoms with Gasteiger partial charge in [0.25, 0.3) is 0 Å². The summed E-state index contributed by atoms with van der Waals surface area (Å²) in [5, 5.41) is 12.5. The molecule has 1 aliphatic rings. The van der Waals surface area contributed by atoms with Gasteiger partial charge in [-0.1, -0.05) is 102 Å². The summed E-state index contributed by atoms with van der Waals surface area (Å²) in [5.41, 5.74) is 17.4. The first-order chi connectivity index (χ1) is 55.6. The first-order valence-corrected chi connectivity index (χ1v) is 40.9. The summed E-state index contributed by atoms with van der Waals surface area (Å²) < 4.78 is 88.7. The van der Waals surface area contributed by atoms with Gasteiger partial charge in [-0.15, -0.1) is 0 Å². The molecule has 1 heterocycles. The van der Waals surface area contributed by atoms with Crippen LogP contribution in [0.2, 0.25) is 0 Å². The summed E-state index contributed by atoms with van der Waals surface area (Å²) >= 11 is 0. The molecule has 1 fully saturated rings. The predicted molar refractivity (Wildman–Crippen MR) is 433 cm³/mol. The number of hydrogen-bond acceptors (Lipinski definition) is 25. The quantitative estimate of drug-likeness (QED) is 0.0219. The number of hydrogen-bond donors (Lipinski definition) is 4. The Morgan fingerprint density at radius 1 is 0.600 bits per heavy atom. The van der Waals surface area contributed by atoms with E-state index >= 15 is 0 Å². The van der Waals surface area contributed by atoms with E-state index < -0.39 is 60.3 Å². The molecule has 656 valence electrons. The average molecular weight is 1630 g/mol. The zero-order chi connectivity index (χ0) is 84.2. The van der Waals surface area contributed by atoms with Crippen LogP contribution < -0.4 is 21.7 Å². The van der Waals surface area contributed by atoms with Gasteiger partial charge < -0.3 is 112 Å². The first kappa shape index (κ1) is 103. The zero-order valence-corrected chi connectivity index (χ0v) is 70.9. The Kier molecular flexibility index (Phi) is 57.5. The van der Waals surface area contributed by atoms with Gasteiger partial charge in [0.1, 0.15) is 6.61 Å². The summed E-state index contributed by atoms with van der Waals surface area (Å²) in [6.07, 6.45) is 1.87. The number of nitrogens with two attached hydrogens (primary N) is 1. The number of likely N-dealkylation sites (tertiary alicyclic amines) is 1. The van der Waals surface area contributed by atoms with Crippen molar-refractivity contribution in [3.05, 3.63) is 76.2 Å². The van der Waals surface area contributed by atoms with Crippen molar-refractivity contribution in [2.75, 3.05) is 226 Å². The van der Waals surface area contributed by atoms with Gasteiger partial charge in [-0.3, -0.25) is 28.8 Å². The van der Waals surface area contributed by atoms with Crippen LogP contribution in [0.3, 0.4) is 0 Å². The predicted octanol–water partition coefficient (Wildman–Crippen LogP) is 7.26. The van der Waals surface area contributed by atoms with Crippen molar-refractivity contribution in [3.8, 4) is 0 Å². The largest absolute Gasteiger partial charge is 0.445 e. The van der Waals surface area contributed by atoms with Crippen molar-refractivity contribution >= 4 is 47.1 Å². The highest BCUT2D eigenvalue weighted by molar-refractivity contribution is 5.95. The molecule has 0 aliphatic carbocycles. The Balaban J connectivity index is 1.25. The van der Waals surface area contributed by atoms with Gasteiger partial charge in [-0.2, -0.15) is 0 Å². The van der Waals surface area contributed by atoms with E-state index in [1.54, 1.807) is 55.1 Å². The van der Waals surface area contributed by atoms with E-state index in [2.05, 4.69) is 26.0 Å². The highest BCUT2D eigenvalue weighted by Crippen LogP contribution is 2.32. The molecule has 6 amide bonds. The zero-order valence-electron chi connectivity index (χ0n) is 70.9. The lowest BCUT2D eigenvalue weighted by atomic mass is 9.83. The van der Waals surface area contributed by atoms with Crippen LogP contribution in [-0.2, 0) is 118 Å². The van der Waals surface area contributed by atoms with Crippen LogP contribution in [-0.4, -0.2) is 319 Å². The Labute approximate surface area is 682 Å². The maximum absolute atomic E-state index is 14.9. The molecule has 33 nitrogen and oxygen atoms in total. The summed E-state index contributed by atoms with van der Waals surface area (Å²) in [6, 6.07) is 13.2. The topological polar surface area (TPSA) is 388 Å². The van der Waals surface area contributed by atoms with Gasteiger partial charge in [0, 0.05) is 90.5 Å². The molecule has 0 aromatic heterocycles. The van der Waals surface area contributed by atoms with Crippen molar-refractivity contribution in [2.45, 2.75) is 162 Å². The van der Waals surface area contributed by atoms with Crippen LogP contribution in [0.25, 0.3) is 10.4 Å². The number of nitrogens with one attached hydrogen (secondary N) is 3. The summed E-state index contributed by atoms with van der Waals surface area (Å²) in [5.74, 6) is -3.85. The fourth-order valence-corrected chi connectivity index (χ4v) is 13.1. The van der Waals surface area contributed by atoms with E-state index in [4.69, 9.17) is 87.1 Å². The van der Waals surface area contributed by atoms with Crippen LogP contribution >= 0.6 is 0 Å². The van der Waals surface area contributed by atoms with E-state index in [0.717, 1.165) is 5.56 Å². The Morgan fingerprint density at radius 2 is 1.10 bits per heavy atom. The maximum atomic E-state index is 14.9. The molecule has 1 aliphatic heterocycles. The number of ether oxygens (including phenoxy) is 16.